The Labute approximate surface area is 107 Å². The van der Waals surface area contributed by atoms with Gasteiger partial charge in [-0.15, -0.1) is 0 Å². The summed E-state index contributed by atoms with van der Waals surface area (Å²) in [5.41, 5.74) is 8.47. The van der Waals surface area contributed by atoms with Crippen molar-refractivity contribution in [1.29, 1.82) is 0 Å². The first-order valence-electron chi connectivity index (χ1n) is 6.29. The van der Waals surface area contributed by atoms with E-state index in [0.29, 0.717) is 5.25 Å². The summed E-state index contributed by atoms with van der Waals surface area (Å²) in [4.78, 5) is 0. The van der Waals surface area contributed by atoms with Crippen LogP contribution in [-0.4, -0.2) is 17.0 Å². The van der Waals surface area contributed by atoms with Crippen LogP contribution in [0.4, 0.5) is 4.39 Å². The summed E-state index contributed by atoms with van der Waals surface area (Å²) >= 11 is 2.00. The van der Waals surface area contributed by atoms with Crippen molar-refractivity contribution >= 4 is 11.8 Å². The van der Waals surface area contributed by atoms with Gasteiger partial charge in [-0.1, -0.05) is 12.5 Å². The summed E-state index contributed by atoms with van der Waals surface area (Å²) in [5.74, 6) is 1.08. The lowest BCUT2D eigenvalue weighted by Gasteiger charge is -2.27. The van der Waals surface area contributed by atoms with Crippen LogP contribution in [0.2, 0.25) is 0 Å². The molecule has 1 aliphatic rings. The van der Waals surface area contributed by atoms with Gasteiger partial charge in [0.25, 0.3) is 0 Å². The average Bonchev–Trinajstić information content (AvgIpc) is 2.34. The van der Waals surface area contributed by atoms with Crippen molar-refractivity contribution in [2.45, 2.75) is 43.9 Å². The van der Waals surface area contributed by atoms with Crippen LogP contribution in [0.3, 0.4) is 0 Å². The molecule has 1 aliphatic heterocycles. The molecule has 1 aromatic carbocycles. The van der Waals surface area contributed by atoms with Crippen LogP contribution >= 0.6 is 11.8 Å². The van der Waals surface area contributed by atoms with Crippen molar-refractivity contribution in [3.8, 4) is 0 Å². The minimum Gasteiger partial charge on any atom is -0.326 e. The van der Waals surface area contributed by atoms with Gasteiger partial charge >= 0.3 is 0 Å². The summed E-state index contributed by atoms with van der Waals surface area (Å²) in [5, 5.41) is 0.577. The zero-order valence-electron chi connectivity index (χ0n) is 10.3. The lowest BCUT2D eigenvalue weighted by molar-refractivity contribution is 0.557. The molecule has 1 fully saturated rings. The topological polar surface area (TPSA) is 26.0 Å². The molecule has 0 spiro atoms. The Morgan fingerprint density at radius 2 is 2.29 bits per heavy atom. The SMILES string of the molecule is Cc1cc(F)ccc1CC(N)C1CCCCS1. The molecule has 2 rings (SSSR count). The van der Waals surface area contributed by atoms with Gasteiger partial charge in [0.2, 0.25) is 0 Å². The summed E-state index contributed by atoms with van der Waals surface area (Å²) in [7, 11) is 0. The van der Waals surface area contributed by atoms with Gasteiger partial charge in [-0.25, -0.2) is 4.39 Å². The monoisotopic (exact) mass is 253 g/mol. The van der Waals surface area contributed by atoms with E-state index in [1.807, 2.05) is 24.8 Å². The summed E-state index contributed by atoms with van der Waals surface area (Å²) in [6.45, 7) is 1.96. The van der Waals surface area contributed by atoms with Crippen LogP contribution in [0, 0.1) is 12.7 Å². The van der Waals surface area contributed by atoms with Gasteiger partial charge < -0.3 is 5.73 Å². The third-order valence-electron chi connectivity index (χ3n) is 3.45. The maximum absolute atomic E-state index is 13.0. The first-order chi connectivity index (χ1) is 8.16. The number of aryl methyl sites for hydroxylation is 1. The van der Waals surface area contributed by atoms with Gasteiger partial charge in [-0.05, 0) is 55.2 Å². The third-order valence-corrected chi connectivity index (χ3v) is 4.99. The molecule has 0 aliphatic carbocycles. The van der Waals surface area contributed by atoms with E-state index in [1.54, 1.807) is 6.07 Å². The Kier molecular flexibility index (Phi) is 4.46. The van der Waals surface area contributed by atoms with E-state index in [2.05, 4.69) is 0 Å². The first kappa shape index (κ1) is 12.9. The highest BCUT2D eigenvalue weighted by molar-refractivity contribution is 8.00. The number of thioether (sulfide) groups is 1. The molecule has 94 valence electrons. The van der Waals surface area contributed by atoms with Crippen LogP contribution in [0.1, 0.15) is 30.4 Å². The van der Waals surface area contributed by atoms with Gasteiger partial charge in [0.1, 0.15) is 5.82 Å². The fourth-order valence-electron chi connectivity index (χ4n) is 2.38. The molecule has 1 aromatic rings. The average molecular weight is 253 g/mol. The Bertz CT molecular complexity index is 374. The van der Waals surface area contributed by atoms with Crippen molar-refractivity contribution in [3.05, 3.63) is 35.1 Å². The quantitative estimate of drug-likeness (QED) is 0.894. The normalized spacial score (nSPS) is 22.4. The Balaban J connectivity index is 1.99. The van der Waals surface area contributed by atoms with Crippen LogP contribution in [0.15, 0.2) is 18.2 Å². The van der Waals surface area contributed by atoms with Crippen molar-refractivity contribution in [2.75, 3.05) is 5.75 Å². The molecule has 1 nitrogen and oxygen atoms in total. The van der Waals surface area contributed by atoms with Crippen molar-refractivity contribution in [2.24, 2.45) is 5.73 Å². The largest absolute Gasteiger partial charge is 0.326 e. The molecule has 17 heavy (non-hydrogen) atoms. The molecule has 0 aromatic heterocycles. The highest BCUT2D eigenvalue weighted by Gasteiger charge is 2.21. The third kappa shape index (κ3) is 3.46. The minimum absolute atomic E-state index is 0.160. The Morgan fingerprint density at radius 3 is 2.94 bits per heavy atom. The van der Waals surface area contributed by atoms with Crippen LogP contribution < -0.4 is 5.73 Å². The maximum Gasteiger partial charge on any atom is 0.123 e. The van der Waals surface area contributed by atoms with Crippen molar-refractivity contribution in [3.63, 3.8) is 0 Å². The molecule has 0 amide bonds. The van der Waals surface area contributed by atoms with E-state index in [4.69, 9.17) is 5.73 Å². The number of benzene rings is 1. The number of hydrogen-bond acceptors (Lipinski definition) is 2. The zero-order chi connectivity index (χ0) is 12.3. The van der Waals surface area contributed by atoms with E-state index < -0.39 is 0 Å². The standard InChI is InChI=1S/C14H20FNS/c1-10-8-12(15)6-5-11(10)9-13(16)14-4-2-3-7-17-14/h5-6,8,13-14H,2-4,7,9,16H2,1H3. The second-order valence-corrected chi connectivity index (χ2v) is 6.19. The Hall–Kier alpha value is -0.540. The second-order valence-electron chi connectivity index (χ2n) is 4.84. The number of hydrogen-bond donors (Lipinski definition) is 1. The number of halogens is 1. The summed E-state index contributed by atoms with van der Waals surface area (Å²) in [6, 6.07) is 5.20. The first-order valence-corrected chi connectivity index (χ1v) is 7.34. The van der Waals surface area contributed by atoms with Crippen molar-refractivity contribution < 1.29 is 4.39 Å². The Morgan fingerprint density at radius 1 is 1.47 bits per heavy atom. The summed E-state index contributed by atoms with van der Waals surface area (Å²) in [6.07, 6.45) is 4.72. The van der Waals surface area contributed by atoms with E-state index >= 15 is 0 Å². The van der Waals surface area contributed by atoms with Crippen LogP contribution in [-0.2, 0) is 6.42 Å². The van der Waals surface area contributed by atoms with E-state index in [9.17, 15) is 4.39 Å². The molecule has 2 N–H and O–H groups in total. The molecule has 0 saturated carbocycles. The van der Waals surface area contributed by atoms with Gasteiger partial charge in [-0.3, -0.25) is 0 Å². The molecular weight excluding hydrogens is 233 g/mol. The summed E-state index contributed by atoms with van der Waals surface area (Å²) < 4.78 is 13.0. The number of rotatable bonds is 3. The number of nitrogens with two attached hydrogens (primary N) is 1. The smallest absolute Gasteiger partial charge is 0.123 e. The van der Waals surface area contributed by atoms with Gasteiger partial charge in [-0.2, -0.15) is 11.8 Å². The van der Waals surface area contributed by atoms with E-state index in [1.165, 1.54) is 36.6 Å². The van der Waals surface area contributed by atoms with Gasteiger partial charge in [0.15, 0.2) is 0 Å². The molecule has 2 atom stereocenters. The molecular formula is C14H20FNS. The highest BCUT2D eigenvalue weighted by Crippen LogP contribution is 2.28. The lowest BCUT2D eigenvalue weighted by Crippen LogP contribution is -2.36. The molecule has 1 heterocycles. The van der Waals surface area contributed by atoms with Crippen molar-refractivity contribution in [1.82, 2.24) is 0 Å². The van der Waals surface area contributed by atoms with Crippen LogP contribution in [0.25, 0.3) is 0 Å². The predicted molar refractivity (Wildman–Crippen MR) is 72.9 cm³/mol. The van der Waals surface area contributed by atoms with E-state index in [-0.39, 0.29) is 11.9 Å². The zero-order valence-corrected chi connectivity index (χ0v) is 11.1. The minimum atomic E-state index is -0.160. The maximum atomic E-state index is 13.0. The molecule has 3 heteroatoms. The molecule has 0 radical (unpaired) electrons. The predicted octanol–water partition coefficient (Wildman–Crippen LogP) is 3.29. The fraction of sp³-hybridized carbons (Fsp3) is 0.571. The molecule has 2 unspecified atom stereocenters. The van der Waals surface area contributed by atoms with E-state index in [0.717, 1.165) is 12.0 Å². The molecule has 0 bridgehead atoms. The molecule has 1 saturated heterocycles. The lowest BCUT2D eigenvalue weighted by atomic mass is 9.97. The highest BCUT2D eigenvalue weighted by atomic mass is 32.2. The van der Waals surface area contributed by atoms with Gasteiger partial charge in [0, 0.05) is 11.3 Å². The second kappa shape index (κ2) is 5.87. The fourth-order valence-corrected chi connectivity index (χ4v) is 3.73. The van der Waals surface area contributed by atoms with Gasteiger partial charge in [0.05, 0.1) is 0 Å². The van der Waals surface area contributed by atoms with Crippen LogP contribution in [0.5, 0.6) is 0 Å².